The van der Waals surface area contributed by atoms with Gasteiger partial charge in [0.15, 0.2) is 11.9 Å². The summed E-state index contributed by atoms with van der Waals surface area (Å²) in [7, 11) is 1.82. The molecule has 3 rings (SSSR count). The third kappa shape index (κ3) is 4.39. The van der Waals surface area contributed by atoms with E-state index in [1.807, 2.05) is 19.3 Å². The molecule has 2 aromatic heterocycles. The van der Waals surface area contributed by atoms with Crippen LogP contribution in [0.25, 0.3) is 11.1 Å². The van der Waals surface area contributed by atoms with Crippen molar-refractivity contribution in [1.29, 1.82) is 0 Å². The molecule has 0 bridgehead atoms. The molecule has 0 fully saturated rings. The minimum Gasteiger partial charge on any atom is -0.381 e. The van der Waals surface area contributed by atoms with Gasteiger partial charge in [0, 0.05) is 30.7 Å². The Hall–Kier alpha value is -3.46. The smallest absolute Gasteiger partial charge is 0.256 e. The SMILES string of the molecule is Cc1nc(NC(=O)[C@@H](O)CN(C=O)c2cccc(-c3cnn(C)c3)c2)c[nH]1. The number of carbonyl (C=O) groups is 2. The van der Waals surface area contributed by atoms with E-state index in [4.69, 9.17) is 0 Å². The van der Waals surface area contributed by atoms with Crippen LogP contribution in [0.15, 0.2) is 42.9 Å². The van der Waals surface area contributed by atoms with Gasteiger partial charge in [-0.2, -0.15) is 5.10 Å². The van der Waals surface area contributed by atoms with Crippen LogP contribution >= 0.6 is 0 Å². The predicted octanol–water partition coefficient (Wildman–Crippen LogP) is 1.08. The van der Waals surface area contributed by atoms with Gasteiger partial charge in [0.05, 0.1) is 12.7 Å². The third-order valence-electron chi connectivity index (χ3n) is 3.97. The van der Waals surface area contributed by atoms with Crippen molar-refractivity contribution in [3.8, 4) is 11.1 Å². The average Bonchev–Trinajstić information content (AvgIpc) is 3.27. The van der Waals surface area contributed by atoms with E-state index in [9.17, 15) is 14.7 Å². The lowest BCUT2D eigenvalue weighted by Crippen LogP contribution is -2.39. The number of aliphatic hydroxyl groups excluding tert-OH is 1. The minimum atomic E-state index is -1.41. The maximum atomic E-state index is 12.1. The largest absolute Gasteiger partial charge is 0.381 e. The number of hydrogen-bond donors (Lipinski definition) is 3. The number of aromatic nitrogens is 4. The van der Waals surface area contributed by atoms with Gasteiger partial charge in [-0.15, -0.1) is 0 Å². The molecule has 0 aliphatic carbocycles. The minimum absolute atomic E-state index is 0.185. The molecule has 2 amide bonds. The summed E-state index contributed by atoms with van der Waals surface area (Å²) >= 11 is 0. The number of H-pyrrole nitrogens is 1. The number of aryl methyl sites for hydroxylation is 2. The fourth-order valence-electron chi connectivity index (χ4n) is 2.60. The van der Waals surface area contributed by atoms with Gasteiger partial charge >= 0.3 is 0 Å². The zero-order valence-electron chi connectivity index (χ0n) is 15.0. The number of imidazole rings is 1. The quantitative estimate of drug-likeness (QED) is 0.540. The van der Waals surface area contributed by atoms with E-state index in [-0.39, 0.29) is 6.54 Å². The second-order valence-electron chi connectivity index (χ2n) is 6.09. The summed E-state index contributed by atoms with van der Waals surface area (Å²) in [5.41, 5.74) is 2.34. The first-order valence-electron chi connectivity index (χ1n) is 8.28. The van der Waals surface area contributed by atoms with E-state index in [0.717, 1.165) is 11.1 Å². The maximum Gasteiger partial charge on any atom is 0.256 e. The topological polar surface area (TPSA) is 116 Å². The van der Waals surface area contributed by atoms with Crippen LogP contribution in [0.2, 0.25) is 0 Å². The molecule has 3 N–H and O–H groups in total. The molecule has 0 unspecified atom stereocenters. The molecule has 140 valence electrons. The Morgan fingerprint density at radius 2 is 2.26 bits per heavy atom. The number of nitrogens with zero attached hydrogens (tertiary/aromatic N) is 4. The maximum absolute atomic E-state index is 12.1. The van der Waals surface area contributed by atoms with Crippen LogP contribution in [-0.2, 0) is 16.6 Å². The van der Waals surface area contributed by atoms with Crippen molar-refractivity contribution >= 4 is 23.8 Å². The van der Waals surface area contributed by atoms with Crippen LogP contribution in [0.5, 0.6) is 0 Å². The molecular formula is C18H20N6O3. The molecule has 0 radical (unpaired) electrons. The van der Waals surface area contributed by atoms with Gasteiger partial charge in [0.2, 0.25) is 6.41 Å². The first-order valence-corrected chi connectivity index (χ1v) is 8.28. The lowest BCUT2D eigenvalue weighted by atomic mass is 10.1. The van der Waals surface area contributed by atoms with E-state index >= 15 is 0 Å². The summed E-state index contributed by atoms with van der Waals surface area (Å²) in [4.78, 5) is 31.8. The molecule has 0 aliphatic rings. The van der Waals surface area contributed by atoms with E-state index in [1.54, 1.807) is 36.0 Å². The Morgan fingerprint density at radius 1 is 1.44 bits per heavy atom. The Balaban J connectivity index is 1.71. The van der Waals surface area contributed by atoms with E-state index < -0.39 is 12.0 Å². The summed E-state index contributed by atoms with van der Waals surface area (Å²) in [5.74, 6) is 0.311. The number of hydrogen-bond acceptors (Lipinski definition) is 5. The van der Waals surface area contributed by atoms with Crippen molar-refractivity contribution in [1.82, 2.24) is 19.7 Å². The molecule has 1 atom stereocenters. The van der Waals surface area contributed by atoms with Gasteiger partial charge in [0.1, 0.15) is 5.82 Å². The predicted molar refractivity (Wildman–Crippen MR) is 100 cm³/mol. The highest BCUT2D eigenvalue weighted by molar-refractivity contribution is 5.94. The summed E-state index contributed by atoms with van der Waals surface area (Å²) in [6.45, 7) is 1.56. The molecular weight excluding hydrogens is 348 g/mol. The van der Waals surface area contributed by atoms with Crippen LogP contribution in [0.3, 0.4) is 0 Å². The highest BCUT2D eigenvalue weighted by Crippen LogP contribution is 2.24. The first kappa shape index (κ1) is 18.3. The third-order valence-corrected chi connectivity index (χ3v) is 3.97. The number of benzene rings is 1. The van der Waals surface area contributed by atoms with Gasteiger partial charge in [-0.1, -0.05) is 12.1 Å². The van der Waals surface area contributed by atoms with E-state index in [0.29, 0.717) is 23.7 Å². The number of aliphatic hydroxyl groups is 1. The Bertz CT molecular complexity index is 948. The van der Waals surface area contributed by atoms with E-state index in [2.05, 4.69) is 20.4 Å². The van der Waals surface area contributed by atoms with E-state index in [1.165, 1.54) is 11.1 Å². The normalized spacial score (nSPS) is 11.8. The standard InChI is InChI=1S/C18H20N6O3/c1-12-19-8-17(21-12)22-18(27)16(26)10-24(11-25)15-5-3-4-13(6-15)14-7-20-23(2)9-14/h3-9,11,16,26H,10H2,1-2H3,(H,19,21)(H,22,27)/t16-/m0/s1. The van der Waals surface area contributed by atoms with Gasteiger partial charge in [-0.05, 0) is 24.6 Å². The fourth-order valence-corrected chi connectivity index (χ4v) is 2.60. The average molecular weight is 368 g/mol. The van der Waals surface area contributed by atoms with Crippen molar-refractivity contribution in [3.63, 3.8) is 0 Å². The Labute approximate surface area is 155 Å². The Kier molecular flexibility index (Phi) is 5.32. The number of rotatable bonds is 7. The Morgan fingerprint density at radius 3 is 2.89 bits per heavy atom. The number of aromatic amines is 1. The lowest BCUT2D eigenvalue weighted by molar-refractivity contribution is -0.123. The fraction of sp³-hybridized carbons (Fsp3) is 0.222. The highest BCUT2D eigenvalue weighted by Gasteiger charge is 2.20. The summed E-state index contributed by atoms with van der Waals surface area (Å²) in [6, 6.07) is 7.22. The number of amides is 2. The summed E-state index contributed by atoms with van der Waals surface area (Å²) in [5, 5.41) is 16.8. The van der Waals surface area contributed by atoms with Crippen LogP contribution in [0, 0.1) is 6.92 Å². The molecule has 1 aromatic carbocycles. The molecule has 0 aliphatic heterocycles. The van der Waals surface area contributed by atoms with Crippen molar-refractivity contribution in [2.75, 3.05) is 16.8 Å². The second kappa shape index (κ2) is 7.83. The van der Waals surface area contributed by atoms with Gasteiger partial charge in [-0.25, -0.2) is 4.98 Å². The van der Waals surface area contributed by atoms with Crippen LogP contribution in [0.4, 0.5) is 11.5 Å². The molecule has 0 saturated carbocycles. The number of anilines is 2. The zero-order chi connectivity index (χ0) is 19.4. The van der Waals surface area contributed by atoms with Gasteiger partial charge in [0.25, 0.3) is 5.91 Å². The number of nitrogens with one attached hydrogen (secondary N) is 2. The van der Waals surface area contributed by atoms with Crippen molar-refractivity contribution in [2.45, 2.75) is 13.0 Å². The highest BCUT2D eigenvalue weighted by atomic mass is 16.3. The molecule has 9 nitrogen and oxygen atoms in total. The zero-order valence-corrected chi connectivity index (χ0v) is 15.0. The second-order valence-corrected chi connectivity index (χ2v) is 6.09. The molecule has 2 heterocycles. The number of carbonyl (C=O) groups excluding carboxylic acids is 2. The monoisotopic (exact) mass is 368 g/mol. The van der Waals surface area contributed by atoms with Crippen molar-refractivity contribution < 1.29 is 14.7 Å². The molecule has 3 aromatic rings. The lowest BCUT2D eigenvalue weighted by Gasteiger charge is -2.21. The molecule has 9 heteroatoms. The van der Waals surface area contributed by atoms with Crippen LogP contribution in [-0.4, -0.2) is 49.8 Å². The van der Waals surface area contributed by atoms with Crippen LogP contribution < -0.4 is 10.2 Å². The molecule has 0 saturated heterocycles. The molecule has 0 spiro atoms. The molecule has 27 heavy (non-hydrogen) atoms. The summed E-state index contributed by atoms with van der Waals surface area (Å²) < 4.78 is 1.68. The summed E-state index contributed by atoms with van der Waals surface area (Å²) in [6.07, 6.45) is 4.28. The first-order chi connectivity index (χ1) is 13.0. The van der Waals surface area contributed by atoms with Gasteiger partial charge in [-0.3, -0.25) is 14.3 Å². The van der Waals surface area contributed by atoms with Crippen molar-refractivity contribution in [3.05, 3.63) is 48.7 Å². The van der Waals surface area contributed by atoms with Gasteiger partial charge < -0.3 is 20.3 Å². The van der Waals surface area contributed by atoms with Crippen LogP contribution in [0.1, 0.15) is 5.82 Å². The van der Waals surface area contributed by atoms with Crippen molar-refractivity contribution in [2.24, 2.45) is 7.05 Å².